The topological polar surface area (TPSA) is 252 Å². The Morgan fingerprint density at radius 2 is 1.39 bits per heavy atom. The van der Waals surface area contributed by atoms with Crippen molar-refractivity contribution < 1.29 is 34.2 Å². The van der Waals surface area contributed by atoms with Gasteiger partial charge >= 0.3 is 11.9 Å². The molecule has 0 aliphatic carbocycles. The van der Waals surface area contributed by atoms with Crippen LogP contribution in [0.5, 0.6) is 0 Å². The molecule has 0 spiro atoms. The highest BCUT2D eigenvalue weighted by atomic mass is 16.4. The molecule has 0 aromatic carbocycles. The lowest BCUT2D eigenvalue weighted by Gasteiger charge is -2.26. The highest BCUT2D eigenvalue weighted by molar-refractivity contribution is 5.94. The maximum absolute atomic E-state index is 13.1. The van der Waals surface area contributed by atoms with E-state index in [9.17, 15) is 29.1 Å². The van der Waals surface area contributed by atoms with Crippen molar-refractivity contribution in [1.82, 2.24) is 16.0 Å². The molecule has 3 amide bonds. The maximum atomic E-state index is 13.1. The molecule has 14 nitrogen and oxygen atoms in total. The Morgan fingerprint density at radius 1 is 0.861 bits per heavy atom. The van der Waals surface area contributed by atoms with Crippen molar-refractivity contribution in [2.45, 2.75) is 84.0 Å². The van der Waals surface area contributed by atoms with Crippen LogP contribution in [0.3, 0.4) is 0 Å². The van der Waals surface area contributed by atoms with E-state index in [0.717, 1.165) is 0 Å². The lowest BCUT2D eigenvalue weighted by atomic mass is 9.98. The molecule has 0 aliphatic rings. The first-order valence-corrected chi connectivity index (χ1v) is 11.9. The van der Waals surface area contributed by atoms with E-state index < -0.39 is 60.2 Å². The van der Waals surface area contributed by atoms with Crippen molar-refractivity contribution in [1.29, 1.82) is 0 Å². The molecule has 0 heterocycles. The zero-order valence-electron chi connectivity index (χ0n) is 21.3. The van der Waals surface area contributed by atoms with Crippen LogP contribution in [-0.4, -0.2) is 76.5 Å². The Bertz CT molecular complexity index is 800. The van der Waals surface area contributed by atoms with Gasteiger partial charge < -0.3 is 43.4 Å². The van der Waals surface area contributed by atoms with Gasteiger partial charge in [-0.2, -0.15) is 0 Å². The van der Waals surface area contributed by atoms with E-state index in [4.69, 9.17) is 22.3 Å². The van der Waals surface area contributed by atoms with E-state index in [-0.39, 0.29) is 37.2 Å². The van der Waals surface area contributed by atoms with Crippen LogP contribution in [0.1, 0.15) is 59.8 Å². The summed E-state index contributed by atoms with van der Waals surface area (Å²) in [5, 5.41) is 25.5. The van der Waals surface area contributed by atoms with Gasteiger partial charge in [-0.3, -0.25) is 24.2 Å². The minimum Gasteiger partial charge on any atom is -0.481 e. The highest BCUT2D eigenvalue weighted by Gasteiger charge is 2.31. The number of hydrogen-bond acceptors (Lipinski definition) is 7. The number of carbonyl (C=O) groups excluding carboxylic acids is 3. The maximum Gasteiger partial charge on any atom is 0.326 e. The summed E-state index contributed by atoms with van der Waals surface area (Å²) in [6.07, 6.45) is 0.413. The second-order valence-electron chi connectivity index (χ2n) is 9.11. The van der Waals surface area contributed by atoms with Crippen molar-refractivity contribution >= 4 is 35.6 Å². The Morgan fingerprint density at radius 3 is 1.86 bits per heavy atom. The standard InChI is InChI=1S/C22H41N7O7/c1-5-12(4)17(23)20(34)27-13(7-6-8-26-22(24)25)18(32)28-14(9-11(2)3)19(33)29-15(21(35)36)10-16(30)31/h11-15,17H,5-10,23H2,1-4H3,(H,27,34)(H,28,32)(H,29,33)(H,30,31)(H,35,36)(H4,24,25,26). The van der Waals surface area contributed by atoms with Gasteiger partial charge in [-0.25, -0.2) is 4.79 Å². The summed E-state index contributed by atoms with van der Waals surface area (Å²) in [5.74, 6) is -5.36. The van der Waals surface area contributed by atoms with Gasteiger partial charge in [-0.1, -0.05) is 34.1 Å². The van der Waals surface area contributed by atoms with E-state index in [2.05, 4.69) is 20.9 Å². The number of rotatable bonds is 17. The van der Waals surface area contributed by atoms with Gasteiger partial charge in [0.15, 0.2) is 5.96 Å². The monoisotopic (exact) mass is 515 g/mol. The van der Waals surface area contributed by atoms with Gasteiger partial charge in [0.2, 0.25) is 17.7 Å². The van der Waals surface area contributed by atoms with Gasteiger partial charge in [-0.15, -0.1) is 0 Å². The van der Waals surface area contributed by atoms with Crippen molar-refractivity contribution in [2.24, 2.45) is 34.0 Å². The van der Waals surface area contributed by atoms with Crippen LogP contribution >= 0.6 is 0 Å². The van der Waals surface area contributed by atoms with Gasteiger partial charge in [-0.05, 0) is 31.1 Å². The fraction of sp³-hybridized carbons (Fsp3) is 0.727. The van der Waals surface area contributed by atoms with Gasteiger partial charge in [0, 0.05) is 6.54 Å². The Balaban J connectivity index is 5.67. The van der Waals surface area contributed by atoms with Crippen molar-refractivity contribution in [3.8, 4) is 0 Å². The average molecular weight is 516 g/mol. The minimum atomic E-state index is -1.68. The quantitative estimate of drug-likeness (QED) is 0.0630. The summed E-state index contributed by atoms with van der Waals surface area (Å²) in [5.41, 5.74) is 16.6. The third kappa shape index (κ3) is 12.9. The van der Waals surface area contributed by atoms with Crippen molar-refractivity contribution in [3.05, 3.63) is 0 Å². The Hall–Kier alpha value is -3.42. The second-order valence-corrected chi connectivity index (χ2v) is 9.11. The number of nitrogens with one attached hydrogen (secondary N) is 3. The van der Waals surface area contributed by atoms with Crippen LogP contribution in [0.2, 0.25) is 0 Å². The first-order valence-electron chi connectivity index (χ1n) is 11.9. The van der Waals surface area contributed by atoms with Crippen LogP contribution in [0, 0.1) is 11.8 Å². The number of amides is 3. The summed E-state index contributed by atoms with van der Waals surface area (Å²) in [7, 11) is 0. The smallest absolute Gasteiger partial charge is 0.326 e. The molecule has 0 radical (unpaired) electrons. The first kappa shape index (κ1) is 32.6. The molecular weight excluding hydrogens is 474 g/mol. The summed E-state index contributed by atoms with van der Waals surface area (Å²) < 4.78 is 0. The molecule has 206 valence electrons. The van der Waals surface area contributed by atoms with E-state index in [1.54, 1.807) is 20.8 Å². The summed E-state index contributed by atoms with van der Waals surface area (Å²) in [6.45, 7) is 7.46. The number of carbonyl (C=O) groups is 5. The first-order chi connectivity index (χ1) is 16.7. The number of guanidine groups is 1. The van der Waals surface area contributed by atoms with E-state index >= 15 is 0 Å². The number of nitrogens with two attached hydrogens (primary N) is 3. The molecule has 14 heteroatoms. The average Bonchev–Trinajstić information content (AvgIpc) is 2.77. The Labute approximate surface area is 210 Å². The van der Waals surface area contributed by atoms with E-state index in [1.807, 2.05) is 6.92 Å². The number of aliphatic imine (C=N–C) groups is 1. The van der Waals surface area contributed by atoms with Crippen LogP contribution < -0.4 is 33.2 Å². The normalized spacial score (nSPS) is 15.1. The highest BCUT2D eigenvalue weighted by Crippen LogP contribution is 2.10. The second kappa shape index (κ2) is 16.3. The zero-order chi connectivity index (χ0) is 28.0. The molecule has 0 aromatic heterocycles. The molecule has 11 N–H and O–H groups in total. The lowest BCUT2D eigenvalue weighted by molar-refractivity contribution is -0.147. The fourth-order valence-corrected chi connectivity index (χ4v) is 3.17. The van der Waals surface area contributed by atoms with Crippen LogP contribution in [0.4, 0.5) is 0 Å². The molecule has 0 aliphatic heterocycles. The fourth-order valence-electron chi connectivity index (χ4n) is 3.17. The Kier molecular flexibility index (Phi) is 14.7. The molecule has 0 saturated carbocycles. The molecule has 0 fully saturated rings. The van der Waals surface area contributed by atoms with Crippen molar-refractivity contribution in [2.75, 3.05) is 6.54 Å². The van der Waals surface area contributed by atoms with Gasteiger partial charge in [0.25, 0.3) is 0 Å². The van der Waals surface area contributed by atoms with E-state index in [1.165, 1.54) is 0 Å². The third-order valence-electron chi connectivity index (χ3n) is 5.47. The summed E-state index contributed by atoms with van der Waals surface area (Å²) >= 11 is 0. The predicted octanol–water partition coefficient (Wildman–Crippen LogP) is -1.53. The van der Waals surface area contributed by atoms with Gasteiger partial charge in [0.1, 0.15) is 18.1 Å². The molecule has 5 atom stereocenters. The van der Waals surface area contributed by atoms with Crippen LogP contribution in [-0.2, 0) is 24.0 Å². The molecule has 0 rings (SSSR count). The summed E-state index contributed by atoms with van der Waals surface area (Å²) in [6, 6.07) is -4.78. The molecule has 0 bridgehead atoms. The largest absolute Gasteiger partial charge is 0.481 e. The number of nitrogens with zero attached hydrogens (tertiary/aromatic N) is 1. The number of carboxylic acid groups (broad SMARTS) is 2. The number of carboxylic acids is 2. The summed E-state index contributed by atoms with van der Waals surface area (Å²) in [4.78, 5) is 64.7. The number of hydrogen-bond donors (Lipinski definition) is 8. The van der Waals surface area contributed by atoms with Crippen LogP contribution in [0.15, 0.2) is 4.99 Å². The van der Waals surface area contributed by atoms with Crippen LogP contribution in [0.25, 0.3) is 0 Å². The van der Waals surface area contributed by atoms with Gasteiger partial charge in [0.05, 0.1) is 12.5 Å². The molecule has 0 aromatic rings. The zero-order valence-corrected chi connectivity index (χ0v) is 21.3. The third-order valence-corrected chi connectivity index (χ3v) is 5.47. The number of aliphatic carboxylic acids is 2. The SMILES string of the molecule is CCC(C)C(N)C(=O)NC(CCCN=C(N)N)C(=O)NC(CC(C)C)C(=O)NC(CC(=O)O)C(=O)O. The predicted molar refractivity (Wildman–Crippen MR) is 132 cm³/mol. The molecule has 0 saturated heterocycles. The molecule has 5 unspecified atom stereocenters. The van der Waals surface area contributed by atoms with Crippen molar-refractivity contribution in [3.63, 3.8) is 0 Å². The van der Waals surface area contributed by atoms with E-state index in [0.29, 0.717) is 12.8 Å². The molecule has 36 heavy (non-hydrogen) atoms. The minimum absolute atomic E-state index is 0.0856. The molecular formula is C22H41N7O7. The lowest BCUT2D eigenvalue weighted by Crippen LogP contribution is -2.58.